The van der Waals surface area contributed by atoms with Gasteiger partial charge in [0.1, 0.15) is 5.82 Å². The highest BCUT2D eigenvalue weighted by molar-refractivity contribution is 9.10. The van der Waals surface area contributed by atoms with Gasteiger partial charge in [-0.1, -0.05) is 42.6 Å². The van der Waals surface area contributed by atoms with Crippen molar-refractivity contribution >= 4 is 21.7 Å². The fourth-order valence-electron chi connectivity index (χ4n) is 1.73. The van der Waals surface area contributed by atoms with Gasteiger partial charge >= 0.3 is 0 Å². The summed E-state index contributed by atoms with van der Waals surface area (Å²) in [7, 11) is 0. The summed E-state index contributed by atoms with van der Waals surface area (Å²) in [5.74, 6) is -0.00492. The van der Waals surface area contributed by atoms with Crippen molar-refractivity contribution in [1.29, 1.82) is 0 Å². The summed E-state index contributed by atoms with van der Waals surface area (Å²) < 4.78 is 13.7. The molecule has 0 N–H and O–H groups in total. The van der Waals surface area contributed by atoms with Crippen molar-refractivity contribution in [3.63, 3.8) is 0 Å². The van der Waals surface area contributed by atoms with Gasteiger partial charge in [0.05, 0.1) is 0 Å². The minimum Gasteiger partial charge on any atom is -0.294 e. The van der Waals surface area contributed by atoms with Crippen molar-refractivity contribution in [2.24, 2.45) is 5.92 Å². The van der Waals surface area contributed by atoms with Crippen LogP contribution in [0.1, 0.15) is 43.5 Å². The molecular weight excluding hydrogens is 271 g/mol. The third kappa shape index (κ3) is 3.71. The first-order valence-corrected chi connectivity index (χ1v) is 6.32. The van der Waals surface area contributed by atoms with Gasteiger partial charge in [-0.3, -0.25) is 4.79 Å². The Balaban J connectivity index is 2.76. The van der Waals surface area contributed by atoms with E-state index in [-0.39, 0.29) is 11.6 Å². The number of hydrogen-bond donors (Lipinski definition) is 0. The first-order valence-electron chi connectivity index (χ1n) is 5.52. The summed E-state index contributed by atoms with van der Waals surface area (Å²) in [5, 5.41) is 0. The van der Waals surface area contributed by atoms with Gasteiger partial charge in [0.2, 0.25) is 0 Å². The zero-order valence-corrected chi connectivity index (χ0v) is 11.2. The summed E-state index contributed by atoms with van der Waals surface area (Å²) in [4.78, 5) is 11.9. The maximum atomic E-state index is 13.0. The van der Waals surface area contributed by atoms with Gasteiger partial charge < -0.3 is 0 Å². The van der Waals surface area contributed by atoms with Gasteiger partial charge in [0, 0.05) is 16.5 Å². The fourth-order valence-corrected chi connectivity index (χ4v) is 2.20. The van der Waals surface area contributed by atoms with E-state index < -0.39 is 0 Å². The lowest BCUT2D eigenvalue weighted by molar-refractivity contribution is 0.0961. The molecule has 0 saturated carbocycles. The Morgan fingerprint density at radius 3 is 2.81 bits per heavy atom. The van der Waals surface area contributed by atoms with Crippen molar-refractivity contribution in [3.05, 3.63) is 34.1 Å². The third-order valence-electron chi connectivity index (χ3n) is 2.54. The minimum atomic E-state index is -0.366. The number of carbonyl (C=O) groups excluding carboxylic acids is 1. The summed E-state index contributed by atoms with van der Waals surface area (Å²) in [6.07, 6.45) is 2.58. The van der Waals surface area contributed by atoms with E-state index in [4.69, 9.17) is 0 Å². The summed E-state index contributed by atoms with van der Waals surface area (Å²) >= 11 is 3.27. The van der Waals surface area contributed by atoms with Crippen molar-refractivity contribution < 1.29 is 9.18 Å². The van der Waals surface area contributed by atoms with E-state index in [9.17, 15) is 9.18 Å². The van der Waals surface area contributed by atoms with Crippen molar-refractivity contribution in [2.45, 2.75) is 33.1 Å². The second-order valence-electron chi connectivity index (χ2n) is 4.15. The van der Waals surface area contributed by atoms with E-state index in [2.05, 4.69) is 29.8 Å². The molecule has 0 aromatic heterocycles. The van der Waals surface area contributed by atoms with Gasteiger partial charge in [0.25, 0.3) is 0 Å². The first-order chi connectivity index (χ1) is 7.54. The number of ketones is 1. The number of halogens is 2. The largest absolute Gasteiger partial charge is 0.294 e. The Kier molecular flexibility index (Phi) is 5.13. The molecule has 3 heteroatoms. The first kappa shape index (κ1) is 13.4. The number of carbonyl (C=O) groups is 1. The molecule has 0 saturated heterocycles. The molecule has 0 spiro atoms. The van der Waals surface area contributed by atoms with Crippen LogP contribution >= 0.6 is 15.9 Å². The Bertz CT molecular complexity index is 376. The maximum Gasteiger partial charge on any atom is 0.164 e. The molecule has 0 fully saturated rings. The van der Waals surface area contributed by atoms with Crippen LogP contribution in [0.2, 0.25) is 0 Å². The molecule has 0 bridgehead atoms. The molecule has 16 heavy (non-hydrogen) atoms. The molecule has 0 amide bonds. The van der Waals surface area contributed by atoms with Crippen molar-refractivity contribution in [3.8, 4) is 0 Å². The number of rotatable bonds is 5. The zero-order chi connectivity index (χ0) is 12.1. The molecule has 0 aliphatic rings. The van der Waals surface area contributed by atoms with Crippen LogP contribution in [0.15, 0.2) is 22.7 Å². The monoisotopic (exact) mass is 286 g/mol. The van der Waals surface area contributed by atoms with Crippen LogP contribution in [0.25, 0.3) is 0 Å². The Labute approximate surface area is 104 Å². The molecule has 1 unspecified atom stereocenters. The molecule has 1 atom stereocenters. The van der Waals surface area contributed by atoms with Crippen molar-refractivity contribution in [1.82, 2.24) is 0 Å². The van der Waals surface area contributed by atoms with Gasteiger partial charge in [-0.05, 0) is 24.1 Å². The minimum absolute atomic E-state index is 0.00678. The van der Waals surface area contributed by atoms with E-state index in [0.717, 1.165) is 12.8 Å². The quantitative estimate of drug-likeness (QED) is 0.723. The molecule has 0 heterocycles. The summed E-state index contributed by atoms with van der Waals surface area (Å²) in [6.45, 7) is 4.15. The van der Waals surface area contributed by atoms with E-state index in [1.54, 1.807) is 6.07 Å². The van der Waals surface area contributed by atoms with Gasteiger partial charge in [-0.15, -0.1) is 0 Å². The second kappa shape index (κ2) is 6.14. The average Bonchev–Trinajstić information content (AvgIpc) is 2.21. The lowest BCUT2D eigenvalue weighted by atomic mass is 9.96. The summed E-state index contributed by atoms with van der Waals surface area (Å²) in [6, 6.07) is 4.22. The number of Topliss-reactive ketones (excluding diaryl/α,β-unsaturated/α-hetero) is 1. The molecule has 0 aliphatic heterocycles. The average molecular weight is 287 g/mol. The molecule has 88 valence electrons. The van der Waals surface area contributed by atoms with Gasteiger partial charge in [0.15, 0.2) is 5.78 Å². The molecule has 1 aromatic carbocycles. The van der Waals surface area contributed by atoms with Crippen molar-refractivity contribution in [2.75, 3.05) is 0 Å². The molecule has 1 nitrogen and oxygen atoms in total. The molecular formula is C13H16BrFO. The van der Waals surface area contributed by atoms with Gasteiger partial charge in [-0.25, -0.2) is 4.39 Å². The second-order valence-corrected chi connectivity index (χ2v) is 5.00. The van der Waals surface area contributed by atoms with Crippen LogP contribution < -0.4 is 0 Å². The van der Waals surface area contributed by atoms with Gasteiger partial charge in [-0.2, -0.15) is 0 Å². The fraction of sp³-hybridized carbons (Fsp3) is 0.462. The van der Waals surface area contributed by atoms with E-state index in [1.807, 2.05) is 0 Å². The third-order valence-corrected chi connectivity index (χ3v) is 3.24. The van der Waals surface area contributed by atoms with E-state index in [1.165, 1.54) is 12.1 Å². The lowest BCUT2D eigenvalue weighted by Crippen LogP contribution is -2.07. The van der Waals surface area contributed by atoms with E-state index >= 15 is 0 Å². The smallest absolute Gasteiger partial charge is 0.164 e. The van der Waals surface area contributed by atoms with Crippen LogP contribution in [-0.2, 0) is 0 Å². The highest BCUT2D eigenvalue weighted by atomic mass is 79.9. The Hall–Kier alpha value is -0.700. The molecule has 0 radical (unpaired) electrons. The van der Waals surface area contributed by atoms with Crippen LogP contribution in [-0.4, -0.2) is 5.78 Å². The Morgan fingerprint density at radius 2 is 2.19 bits per heavy atom. The van der Waals surface area contributed by atoms with E-state index in [0.29, 0.717) is 22.4 Å². The summed E-state index contributed by atoms with van der Waals surface area (Å²) in [5.41, 5.74) is 0.447. The predicted octanol–water partition coefficient (Wildman–Crippen LogP) is 4.60. The maximum absolute atomic E-state index is 13.0. The topological polar surface area (TPSA) is 17.1 Å². The molecule has 1 rings (SSSR count). The number of hydrogen-bond acceptors (Lipinski definition) is 1. The SMILES string of the molecule is CCCC(C)CC(=O)c1cc(F)ccc1Br. The molecule has 1 aromatic rings. The number of benzene rings is 1. The normalized spacial score (nSPS) is 12.5. The highest BCUT2D eigenvalue weighted by Gasteiger charge is 2.14. The van der Waals surface area contributed by atoms with Crippen LogP contribution in [0.5, 0.6) is 0 Å². The lowest BCUT2D eigenvalue weighted by Gasteiger charge is -2.09. The highest BCUT2D eigenvalue weighted by Crippen LogP contribution is 2.22. The standard InChI is InChI=1S/C13H16BrFO/c1-3-4-9(2)7-13(16)11-8-10(15)5-6-12(11)14/h5-6,8-9H,3-4,7H2,1-2H3. The predicted molar refractivity (Wildman–Crippen MR) is 67.1 cm³/mol. The van der Waals surface area contributed by atoms with Crippen LogP contribution in [0.3, 0.4) is 0 Å². The Morgan fingerprint density at radius 1 is 1.50 bits per heavy atom. The van der Waals surface area contributed by atoms with Crippen LogP contribution in [0, 0.1) is 11.7 Å². The zero-order valence-electron chi connectivity index (χ0n) is 9.59. The van der Waals surface area contributed by atoms with Crippen LogP contribution in [0.4, 0.5) is 4.39 Å². The molecule has 0 aliphatic carbocycles.